The molecule has 136 valence electrons. The summed E-state index contributed by atoms with van der Waals surface area (Å²) in [6.07, 6.45) is 2.51. The molecule has 0 spiro atoms. The number of anilines is 1. The normalized spacial score (nSPS) is 21.2. The van der Waals surface area contributed by atoms with Crippen LogP contribution in [-0.4, -0.2) is 33.6 Å². The van der Waals surface area contributed by atoms with Crippen molar-refractivity contribution in [2.24, 2.45) is 13.0 Å². The predicted molar refractivity (Wildman–Crippen MR) is 95.3 cm³/mol. The third kappa shape index (κ3) is 3.87. The number of rotatable bonds is 4. The standard InChI is InChI=1S/C18H26N4O3/c1-17(2)10-12(18(3,4)25-17)11-19-16(23)20-15-9-13(21-22(15)5)14-7-6-8-24-14/h6-9,12H,10-11H2,1-5H3,(H2,19,20,23). The number of ether oxygens (including phenoxy) is 1. The lowest BCUT2D eigenvalue weighted by molar-refractivity contribution is -0.0740. The minimum absolute atomic E-state index is 0.160. The summed E-state index contributed by atoms with van der Waals surface area (Å²) in [6, 6.07) is 5.16. The molecule has 1 saturated heterocycles. The number of hydrogen-bond donors (Lipinski definition) is 2. The Morgan fingerprint density at radius 1 is 1.40 bits per heavy atom. The van der Waals surface area contributed by atoms with Crippen LogP contribution < -0.4 is 10.6 Å². The summed E-state index contributed by atoms with van der Waals surface area (Å²) in [4.78, 5) is 12.3. The zero-order valence-corrected chi connectivity index (χ0v) is 15.4. The van der Waals surface area contributed by atoms with Gasteiger partial charge in [-0.1, -0.05) is 0 Å². The highest BCUT2D eigenvalue weighted by Crippen LogP contribution is 2.41. The van der Waals surface area contributed by atoms with E-state index in [1.54, 1.807) is 30.1 Å². The maximum atomic E-state index is 12.3. The molecule has 3 rings (SSSR count). The average Bonchev–Trinajstić information content (AvgIpc) is 3.16. The molecule has 2 aromatic rings. The van der Waals surface area contributed by atoms with Crippen molar-refractivity contribution in [2.75, 3.05) is 11.9 Å². The van der Waals surface area contributed by atoms with Crippen LogP contribution in [0.4, 0.5) is 10.6 Å². The van der Waals surface area contributed by atoms with Gasteiger partial charge < -0.3 is 14.5 Å². The van der Waals surface area contributed by atoms with Crippen LogP contribution in [0.1, 0.15) is 34.1 Å². The molecule has 0 radical (unpaired) electrons. The molecule has 2 N–H and O–H groups in total. The van der Waals surface area contributed by atoms with Gasteiger partial charge in [-0.05, 0) is 46.2 Å². The fraction of sp³-hybridized carbons (Fsp3) is 0.556. The van der Waals surface area contributed by atoms with Gasteiger partial charge in [0.05, 0.1) is 17.5 Å². The molecule has 0 aromatic carbocycles. The zero-order valence-electron chi connectivity index (χ0n) is 15.4. The van der Waals surface area contributed by atoms with Gasteiger partial charge in [-0.2, -0.15) is 5.10 Å². The Hall–Kier alpha value is -2.28. The van der Waals surface area contributed by atoms with E-state index in [4.69, 9.17) is 9.15 Å². The molecule has 7 heteroatoms. The van der Waals surface area contributed by atoms with E-state index in [9.17, 15) is 4.79 Å². The Labute approximate surface area is 147 Å². The van der Waals surface area contributed by atoms with Gasteiger partial charge in [-0.15, -0.1) is 0 Å². The zero-order chi connectivity index (χ0) is 18.2. The highest BCUT2D eigenvalue weighted by Gasteiger charge is 2.45. The first-order valence-electron chi connectivity index (χ1n) is 8.49. The molecular weight excluding hydrogens is 320 g/mol. The van der Waals surface area contributed by atoms with E-state index in [0.29, 0.717) is 23.8 Å². The molecule has 1 aliphatic heterocycles. The molecule has 25 heavy (non-hydrogen) atoms. The number of hydrogen-bond acceptors (Lipinski definition) is 4. The van der Waals surface area contributed by atoms with Gasteiger partial charge in [-0.3, -0.25) is 10.00 Å². The van der Waals surface area contributed by atoms with Gasteiger partial charge in [0.15, 0.2) is 5.76 Å². The van der Waals surface area contributed by atoms with Gasteiger partial charge in [-0.25, -0.2) is 4.79 Å². The predicted octanol–water partition coefficient (Wildman–Crippen LogP) is 3.40. The second-order valence-corrected chi connectivity index (χ2v) is 7.72. The van der Waals surface area contributed by atoms with Crippen molar-refractivity contribution >= 4 is 11.8 Å². The van der Waals surface area contributed by atoms with Gasteiger partial charge in [0.1, 0.15) is 11.5 Å². The van der Waals surface area contributed by atoms with Crippen molar-refractivity contribution in [1.82, 2.24) is 15.1 Å². The van der Waals surface area contributed by atoms with E-state index in [-0.39, 0.29) is 23.2 Å². The molecule has 0 aliphatic carbocycles. The smallest absolute Gasteiger partial charge is 0.320 e. The summed E-state index contributed by atoms with van der Waals surface area (Å²) in [6.45, 7) is 8.87. The van der Waals surface area contributed by atoms with Crippen LogP contribution in [0.15, 0.2) is 28.9 Å². The highest BCUT2D eigenvalue weighted by molar-refractivity contribution is 5.88. The Balaban J connectivity index is 1.58. The molecule has 2 aromatic heterocycles. The number of aromatic nitrogens is 2. The summed E-state index contributed by atoms with van der Waals surface area (Å²) in [5, 5.41) is 10.1. The molecule has 1 atom stereocenters. The van der Waals surface area contributed by atoms with E-state index in [0.717, 1.165) is 6.42 Å². The van der Waals surface area contributed by atoms with E-state index in [1.165, 1.54) is 0 Å². The van der Waals surface area contributed by atoms with Crippen LogP contribution >= 0.6 is 0 Å². The largest absolute Gasteiger partial charge is 0.463 e. The van der Waals surface area contributed by atoms with Gasteiger partial charge in [0.25, 0.3) is 0 Å². The SMILES string of the molecule is Cn1nc(-c2ccco2)cc1NC(=O)NCC1CC(C)(C)OC1(C)C. The summed E-state index contributed by atoms with van der Waals surface area (Å²) in [7, 11) is 1.78. The van der Waals surface area contributed by atoms with Gasteiger partial charge in [0, 0.05) is 25.6 Å². The third-order valence-corrected chi connectivity index (χ3v) is 4.66. The van der Waals surface area contributed by atoms with E-state index < -0.39 is 0 Å². The summed E-state index contributed by atoms with van der Waals surface area (Å²) < 4.78 is 13.0. The lowest BCUT2D eigenvalue weighted by atomic mass is 9.87. The van der Waals surface area contributed by atoms with Crippen molar-refractivity contribution in [3.8, 4) is 11.5 Å². The first-order valence-corrected chi connectivity index (χ1v) is 8.49. The van der Waals surface area contributed by atoms with E-state index >= 15 is 0 Å². The number of nitrogens with one attached hydrogen (secondary N) is 2. The molecule has 7 nitrogen and oxygen atoms in total. The van der Waals surface area contributed by atoms with Crippen LogP contribution in [0, 0.1) is 5.92 Å². The first-order chi connectivity index (χ1) is 11.7. The molecule has 1 fully saturated rings. The minimum atomic E-state index is -0.255. The number of furan rings is 1. The molecule has 1 unspecified atom stereocenters. The highest BCUT2D eigenvalue weighted by atomic mass is 16.5. The molecule has 1 aliphatic rings. The van der Waals surface area contributed by atoms with Crippen LogP contribution in [-0.2, 0) is 11.8 Å². The first kappa shape index (κ1) is 17.5. The van der Waals surface area contributed by atoms with Crippen LogP contribution in [0.25, 0.3) is 11.5 Å². The van der Waals surface area contributed by atoms with Crippen molar-refractivity contribution in [2.45, 2.75) is 45.3 Å². The number of nitrogens with zero attached hydrogens (tertiary/aromatic N) is 2. The van der Waals surface area contributed by atoms with E-state index in [2.05, 4.69) is 43.4 Å². The molecule has 0 saturated carbocycles. The van der Waals surface area contributed by atoms with Crippen molar-refractivity contribution in [1.29, 1.82) is 0 Å². The Morgan fingerprint density at radius 3 is 2.76 bits per heavy atom. The quantitative estimate of drug-likeness (QED) is 0.889. The molecular formula is C18H26N4O3. The van der Waals surface area contributed by atoms with Crippen molar-refractivity contribution < 1.29 is 13.9 Å². The van der Waals surface area contributed by atoms with Crippen LogP contribution in [0.2, 0.25) is 0 Å². The summed E-state index contributed by atoms with van der Waals surface area (Å²) >= 11 is 0. The minimum Gasteiger partial charge on any atom is -0.463 e. The third-order valence-electron chi connectivity index (χ3n) is 4.66. The van der Waals surface area contributed by atoms with Gasteiger partial charge in [0.2, 0.25) is 0 Å². The van der Waals surface area contributed by atoms with Crippen LogP contribution in [0.5, 0.6) is 0 Å². The maximum absolute atomic E-state index is 12.3. The molecule has 0 bridgehead atoms. The Kier molecular flexibility index (Phi) is 4.36. The number of amides is 2. The topological polar surface area (TPSA) is 81.3 Å². The lowest BCUT2D eigenvalue weighted by Crippen LogP contribution is -2.39. The lowest BCUT2D eigenvalue weighted by Gasteiger charge is -2.27. The summed E-state index contributed by atoms with van der Waals surface area (Å²) in [5.74, 6) is 1.53. The van der Waals surface area contributed by atoms with Crippen molar-refractivity contribution in [3.63, 3.8) is 0 Å². The van der Waals surface area contributed by atoms with E-state index in [1.807, 2.05) is 6.07 Å². The number of aryl methyl sites for hydroxylation is 1. The fourth-order valence-corrected chi connectivity index (χ4v) is 3.50. The Morgan fingerprint density at radius 2 is 2.16 bits per heavy atom. The van der Waals surface area contributed by atoms with Gasteiger partial charge >= 0.3 is 6.03 Å². The Bertz CT molecular complexity index is 746. The van der Waals surface area contributed by atoms with Crippen LogP contribution in [0.3, 0.4) is 0 Å². The number of carbonyl (C=O) groups excluding carboxylic acids is 1. The fourth-order valence-electron chi connectivity index (χ4n) is 3.50. The second kappa shape index (κ2) is 6.22. The summed E-state index contributed by atoms with van der Waals surface area (Å²) in [5.41, 5.74) is 0.261. The van der Waals surface area contributed by atoms with Crippen molar-refractivity contribution in [3.05, 3.63) is 24.5 Å². The maximum Gasteiger partial charge on any atom is 0.320 e. The molecule has 3 heterocycles. The average molecular weight is 346 g/mol. The monoisotopic (exact) mass is 346 g/mol. The number of carbonyl (C=O) groups is 1. The molecule has 2 amide bonds. The number of urea groups is 1. The second-order valence-electron chi connectivity index (χ2n) is 7.72.